The molecule has 0 N–H and O–H groups in total. The van der Waals surface area contributed by atoms with E-state index in [-0.39, 0.29) is 24.2 Å². The van der Waals surface area contributed by atoms with Crippen LogP contribution in [-0.4, -0.2) is 43.6 Å². The zero-order valence-corrected chi connectivity index (χ0v) is 19.3. The number of nitrogens with zero attached hydrogens (tertiary/aromatic N) is 1. The molecule has 0 spiro atoms. The maximum atomic E-state index is 12.9. The van der Waals surface area contributed by atoms with Crippen molar-refractivity contribution in [1.29, 1.82) is 0 Å². The lowest BCUT2D eigenvalue weighted by molar-refractivity contribution is -0.142. The molecule has 1 fully saturated rings. The number of amides is 1. The third-order valence-electron chi connectivity index (χ3n) is 6.11. The second kappa shape index (κ2) is 10.0. The highest BCUT2D eigenvalue weighted by atomic mass is 16.5. The van der Waals surface area contributed by atoms with Crippen LogP contribution < -0.4 is 10.4 Å². The van der Waals surface area contributed by atoms with Crippen LogP contribution in [0.1, 0.15) is 42.9 Å². The van der Waals surface area contributed by atoms with Crippen LogP contribution in [0.4, 0.5) is 0 Å². The van der Waals surface area contributed by atoms with Crippen LogP contribution in [0.3, 0.4) is 0 Å². The van der Waals surface area contributed by atoms with Crippen LogP contribution >= 0.6 is 0 Å². The van der Waals surface area contributed by atoms with Crippen LogP contribution in [0.25, 0.3) is 11.0 Å². The number of carbonyl (C=O) groups excluding carboxylic acids is 2. The van der Waals surface area contributed by atoms with E-state index < -0.39 is 5.63 Å². The van der Waals surface area contributed by atoms with Gasteiger partial charge in [0.15, 0.2) is 0 Å². The molecular weight excluding hydrogens is 410 g/mol. The van der Waals surface area contributed by atoms with Crippen molar-refractivity contribution in [2.75, 3.05) is 26.8 Å². The fraction of sp³-hybridized carbons (Fsp3) is 0.480. The van der Waals surface area contributed by atoms with Gasteiger partial charge in [0.1, 0.15) is 17.9 Å². The summed E-state index contributed by atoms with van der Waals surface area (Å²) >= 11 is 0. The van der Waals surface area contributed by atoms with Gasteiger partial charge in [-0.1, -0.05) is 6.58 Å². The number of carbonyl (C=O) groups is 2. The molecule has 2 aromatic rings. The number of hydrogen-bond acceptors (Lipinski definition) is 6. The number of methoxy groups -OCH3 is 1. The lowest BCUT2D eigenvalue weighted by Crippen LogP contribution is -2.40. The van der Waals surface area contributed by atoms with Gasteiger partial charge < -0.3 is 18.8 Å². The predicted molar refractivity (Wildman–Crippen MR) is 122 cm³/mol. The van der Waals surface area contributed by atoms with Crippen molar-refractivity contribution in [3.8, 4) is 5.75 Å². The van der Waals surface area contributed by atoms with E-state index in [1.54, 1.807) is 4.90 Å². The number of ether oxygens (including phenoxy) is 2. The summed E-state index contributed by atoms with van der Waals surface area (Å²) in [5.41, 5.74) is 2.75. The molecule has 0 bridgehead atoms. The molecule has 7 nitrogen and oxygen atoms in total. The van der Waals surface area contributed by atoms with Gasteiger partial charge in [0.2, 0.25) is 5.91 Å². The lowest BCUT2D eigenvalue weighted by Gasteiger charge is -2.31. The zero-order valence-electron chi connectivity index (χ0n) is 19.3. The van der Waals surface area contributed by atoms with Crippen LogP contribution in [0.5, 0.6) is 5.75 Å². The Morgan fingerprint density at radius 1 is 1.19 bits per heavy atom. The molecule has 1 aliphatic heterocycles. The van der Waals surface area contributed by atoms with Gasteiger partial charge >= 0.3 is 11.6 Å². The minimum atomic E-state index is -0.496. The van der Waals surface area contributed by atoms with Crippen molar-refractivity contribution in [2.45, 2.75) is 46.5 Å². The molecule has 1 amide bonds. The summed E-state index contributed by atoms with van der Waals surface area (Å²) in [6.07, 6.45) is 1.87. The van der Waals surface area contributed by atoms with E-state index in [9.17, 15) is 14.4 Å². The number of piperidine rings is 1. The third-order valence-corrected chi connectivity index (χ3v) is 6.11. The first kappa shape index (κ1) is 23.6. The molecule has 0 saturated carbocycles. The van der Waals surface area contributed by atoms with Gasteiger partial charge in [-0.2, -0.15) is 0 Å². The molecular formula is C25H31NO6. The van der Waals surface area contributed by atoms with Crippen LogP contribution in [-0.2, 0) is 20.7 Å². The van der Waals surface area contributed by atoms with E-state index in [0.29, 0.717) is 43.0 Å². The summed E-state index contributed by atoms with van der Waals surface area (Å²) in [7, 11) is 1.38. The Morgan fingerprint density at radius 3 is 2.50 bits per heavy atom. The number of esters is 1. The number of likely N-dealkylation sites (tertiary alicyclic amines) is 1. The number of aryl methyl sites for hydroxylation is 2. The molecule has 1 aromatic heterocycles. The largest absolute Gasteiger partial charge is 0.489 e. The molecule has 7 heteroatoms. The quantitative estimate of drug-likeness (QED) is 0.370. The third kappa shape index (κ3) is 5.21. The smallest absolute Gasteiger partial charge is 0.340 e. The maximum Gasteiger partial charge on any atom is 0.340 e. The molecule has 3 rings (SSSR count). The summed E-state index contributed by atoms with van der Waals surface area (Å²) in [6.45, 7) is 10.9. The van der Waals surface area contributed by atoms with Gasteiger partial charge in [-0.3, -0.25) is 9.59 Å². The van der Waals surface area contributed by atoms with Crippen molar-refractivity contribution in [3.05, 3.63) is 51.4 Å². The summed E-state index contributed by atoms with van der Waals surface area (Å²) in [5.74, 6) is 0.544. The van der Waals surface area contributed by atoms with Gasteiger partial charge in [0.25, 0.3) is 0 Å². The van der Waals surface area contributed by atoms with Crippen LogP contribution in [0, 0.1) is 19.8 Å². The minimum absolute atomic E-state index is 0.00126. The van der Waals surface area contributed by atoms with Gasteiger partial charge in [0, 0.05) is 30.5 Å². The highest BCUT2D eigenvalue weighted by molar-refractivity contribution is 5.87. The first-order valence-electron chi connectivity index (χ1n) is 10.9. The number of hydrogen-bond donors (Lipinski definition) is 0. The molecule has 32 heavy (non-hydrogen) atoms. The minimum Gasteiger partial charge on any atom is -0.489 e. The molecule has 1 saturated heterocycles. The highest BCUT2D eigenvalue weighted by Gasteiger charge is 2.26. The molecule has 0 unspecified atom stereocenters. The molecule has 0 radical (unpaired) electrons. The Hall–Kier alpha value is -3.09. The topological polar surface area (TPSA) is 86.0 Å². The Labute approximate surface area is 188 Å². The van der Waals surface area contributed by atoms with E-state index in [0.717, 1.165) is 34.9 Å². The number of rotatable bonds is 7. The standard InChI is InChI=1S/C25H31NO6/c1-15(2)14-31-21-7-6-19-16(3)20(25(29)32-24(19)17(21)4)13-22(27)26-10-8-18(9-11-26)12-23(28)30-5/h6-7,18H,1,8-14H2,2-5H3. The Balaban J connectivity index is 1.76. The molecule has 1 aliphatic rings. The van der Waals surface area contributed by atoms with E-state index in [2.05, 4.69) is 6.58 Å². The Kier molecular flexibility index (Phi) is 7.38. The molecule has 2 heterocycles. The number of fused-ring (bicyclic) bond motifs is 1. The summed E-state index contributed by atoms with van der Waals surface area (Å²) in [4.78, 5) is 38.9. The van der Waals surface area contributed by atoms with Crippen molar-refractivity contribution in [3.63, 3.8) is 0 Å². The molecule has 0 aliphatic carbocycles. The van der Waals surface area contributed by atoms with Gasteiger partial charge in [-0.15, -0.1) is 0 Å². The predicted octanol–water partition coefficient (Wildman–Crippen LogP) is 3.71. The monoisotopic (exact) mass is 441 g/mol. The highest BCUT2D eigenvalue weighted by Crippen LogP contribution is 2.30. The van der Waals surface area contributed by atoms with Crippen LogP contribution in [0.2, 0.25) is 0 Å². The molecule has 0 atom stereocenters. The van der Waals surface area contributed by atoms with Gasteiger partial charge in [-0.25, -0.2) is 4.79 Å². The fourth-order valence-electron chi connectivity index (χ4n) is 4.10. The zero-order chi connectivity index (χ0) is 23.4. The fourth-order valence-corrected chi connectivity index (χ4v) is 4.10. The van der Waals surface area contributed by atoms with E-state index in [1.807, 2.05) is 32.9 Å². The average Bonchev–Trinajstić information content (AvgIpc) is 2.76. The molecule has 1 aromatic carbocycles. The molecule has 172 valence electrons. The second-order valence-electron chi connectivity index (χ2n) is 8.59. The van der Waals surface area contributed by atoms with Gasteiger partial charge in [0.05, 0.1) is 19.1 Å². The summed E-state index contributed by atoms with van der Waals surface area (Å²) in [6, 6.07) is 3.71. The van der Waals surface area contributed by atoms with Crippen LogP contribution in [0.15, 0.2) is 33.5 Å². The normalized spacial score (nSPS) is 14.4. The van der Waals surface area contributed by atoms with Crippen molar-refractivity contribution in [2.24, 2.45) is 5.92 Å². The van der Waals surface area contributed by atoms with Gasteiger partial charge in [-0.05, 0) is 62.8 Å². The Morgan fingerprint density at radius 2 is 1.88 bits per heavy atom. The maximum absolute atomic E-state index is 12.9. The Bertz CT molecular complexity index is 1090. The first-order valence-corrected chi connectivity index (χ1v) is 10.9. The van der Waals surface area contributed by atoms with E-state index >= 15 is 0 Å². The second-order valence-corrected chi connectivity index (χ2v) is 8.59. The summed E-state index contributed by atoms with van der Waals surface area (Å²) < 4.78 is 16.1. The SMILES string of the molecule is C=C(C)COc1ccc2c(C)c(CC(=O)N3CCC(CC(=O)OC)CC3)c(=O)oc2c1C. The van der Waals surface area contributed by atoms with E-state index in [4.69, 9.17) is 13.9 Å². The number of benzene rings is 1. The lowest BCUT2D eigenvalue weighted by atomic mass is 9.93. The van der Waals surface area contributed by atoms with Crippen molar-refractivity contribution < 1.29 is 23.5 Å². The van der Waals surface area contributed by atoms with Crippen molar-refractivity contribution in [1.82, 2.24) is 4.90 Å². The summed E-state index contributed by atoms with van der Waals surface area (Å²) in [5, 5.41) is 0.796. The van der Waals surface area contributed by atoms with Crippen molar-refractivity contribution >= 4 is 22.8 Å². The van der Waals surface area contributed by atoms with E-state index in [1.165, 1.54) is 7.11 Å². The first-order chi connectivity index (χ1) is 15.2. The average molecular weight is 442 g/mol.